The second kappa shape index (κ2) is 6.54. The molecule has 5 aliphatic rings. The highest BCUT2D eigenvalue weighted by molar-refractivity contribution is 6.07. The molecule has 6 heterocycles. The quantitative estimate of drug-likeness (QED) is 0.741. The number of piperazine rings is 1. The van der Waals surface area contributed by atoms with Crippen molar-refractivity contribution >= 4 is 22.5 Å². The van der Waals surface area contributed by atoms with Crippen molar-refractivity contribution in [1.82, 2.24) is 20.6 Å². The number of carbonyl (C=O) groups excluding carboxylic acids is 1. The van der Waals surface area contributed by atoms with E-state index in [0.29, 0.717) is 42.1 Å². The first kappa shape index (κ1) is 19.1. The Balaban J connectivity index is 1.39. The minimum Gasteiger partial charge on any atom is -0.475 e. The molecule has 5 atom stereocenters. The van der Waals surface area contributed by atoms with Gasteiger partial charge >= 0.3 is 0 Å². The van der Waals surface area contributed by atoms with Crippen molar-refractivity contribution in [2.75, 3.05) is 31.3 Å². The molecule has 3 saturated heterocycles. The van der Waals surface area contributed by atoms with E-state index >= 15 is 0 Å². The predicted molar refractivity (Wildman–Crippen MR) is 119 cm³/mol. The summed E-state index contributed by atoms with van der Waals surface area (Å²) in [6.07, 6.45) is 2.32. The molecule has 168 valence electrons. The normalized spacial score (nSPS) is 34.0. The number of hydrogen-bond donors (Lipinski definition) is 2. The van der Waals surface area contributed by atoms with Crippen LogP contribution in [0.3, 0.4) is 0 Å². The van der Waals surface area contributed by atoms with Gasteiger partial charge < -0.3 is 25.0 Å². The fourth-order valence-corrected chi connectivity index (χ4v) is 6.52. The molecule has 2 bridgehead atoms. The van der Waals surface area contributed by atoms with Crippen LogP contribution in [0.5, 0.6) is 5.88 Å². The van der Waals surface area contributed by atoms with E-state index in [1.54, 1.807) is 0 Å². The van der Waals surface area contributed by atoms with Crippen molar-refractivity contribution in [3.63, 3.8) is 0 Å². The van der Waals surface area contributed by atoms with Gasteiger partial charge in [-0.05, 0) is 44.7 Å². The Morgan fingerprint density at radius 1 is 1.06 bits per heavy atom. The van der Waals surface area contributed by atoms with Gasteiger partial charge in [0.1, 0.15) is 18.1 Å². The first-order chi connectivity index (χ1) is 15.5. The number of amides is 1. The number of fused-ring (bicyclic) bond motifs is 6. The number of carbonyl (C=O) groups is 1. The van der Waals surface area contributed by atoms with Crippen LogP contribution in [0.25, 0.3) is 10.8 Å². The number of hydrogen-bond acceptors (Lipinski definition) is 7. The fourth-order valence-electron chi connectivity index (χ4n) is 6.52. The Morgan fingerprint density at radius 2 is 1.88 bits per heavy atom. The molecule has 1 saturated carbocycles. The number of rotatable bonds is 2. The van der Waals surface area contributed by atoms with Crippen LogP contribution >= 0.6 is 0 Å². The minimum atomic E-state index is -0.0738. The van der Waals surface area contributed by atoms with Crippen LogP contribution in [0.2, 0.25) is 0 Å². The van der Waals surface area contributed by atoms with Gasteiger partial charge in [-0.3, -0.25) is 4.79 Å². The summed E-state index contributed by atoms with van der Waals surface area (Å²) in [5.41, 5.74) is 3.47. The van der Waals surface area contributed by atoms with Gasteiger partial charge in [-0.1, -0.05) is 0 Å². The van der Waals surface area contributed by atoms with E-state index in [1.807, 2.05) is 13.8 Å². The van der Waals surface area contributed by atoms with E-state index in [2.05, 4.69) is 22.5 Å². The standard InChI is InChI=1S/C24H29N5O3/c1-10-12(3)25-24-19-18(10)11(2)20(23(30)28-21-14-7-31-8-15(14)21)27-22(19)29-6-13-4-5-16(26-13)17(29)9-32-24/h13-17,21,26H,4-9H2,1-3H3,(H,28,30). The van der Waals surface area contributed by atoms with Crippen molar-refractivity contribution < 1.29 is 14.3 Å². The Kier molecular flexibility index (Phi) is 3.90. The average molecular weight is 436 g/mol. The van der Waals surface area contributed by atoms with Gasteiger partial charge in [-0.25, -0.2) is 9.97 Å². The monoisotopic (exact) mass is 435 g/mol. The number of aryl methyl sites for hydroxylation is 3. The van der Waals surface area contributed by atoms with E-state index < -0.39 is 0 Å². The van der Waals surface area contributed by atoms with Gasteiger partial charge in [-0.15, -0.1) is 0 Å². The first-order valence-electron chi connectivity index (χ1n) is 11.9. The second-order valence-corrected chi connectivity index (χ2v) is 10.2. The molecule has 4 fully saturated rings. The molecule has 0 radical (unpaired) electrons. The average Bonchev–Trinajstić information content (AvgIpc) is 3.10. The summed E-state index contributed by atoms with van der Waals surface area (Å²) < 4.78 is 11.8. The molecule has 5 unspecified atom stereocenters. The maximum absolute atomic E-state index is 13.5. The number of nitrogens with zero attached hydrogens (tertiary/aromatic N) is 3. The lowest BCUT2D eigenvalue weighted by Crippen LogP contribution is -2.60. The lowest BCUT2D eigenvalue weighted by molar-refractivity contribution is 0.0923. The second-order valence-electron chi connectivity index (χ2n) is 10.2. The van der Waals surface area contributed by atoms with Crippen LogP contribution in [-0.4, -0.2) is 66.4 Å². The molecule has 2 aromatic heterocycles. The largest absolute Gasteiger partial charge is 0.475 e. The Bertz CT molecular complexity index is 1160. The molecule has 8 heteroatoms. The molecule has 1 amide bonds. The molecular formula is C24H29N5O3. The van der Waals surface area contributed by atoms with Crippen molar-refractivity contribution in [1.29, 1.82) is 0 Å². The van der Waals surface area contributed by atoms with E-state index in [1.165, 1.54) is 6.42 Å². The molecule has 2 N–H and O–H groups in total. The van der Waals surface area contributed by atoms with Gasteiger partial charge in [0.05, 0.1) is 24.6 Å². The van der Waals surface area contributed by atoms with Crippen molar-refractivity contribution in [2.45, 2.75) is 57.8 Å². The van der Waals surface area contributed by atoms with E-state index in [-0.39, 0.29) is 18.0 Å². The fraction of sp³-hybridized carbons (Fsp3) is 0.625. The van der Waals surface area contributed by atoms with E-state index in [4.69, 9.17) is 19.4 Å². The zero-order chi connectivity index (χ0) is 21.7. The minimum absolute atomic E-state index is 0.0738. The zero-order valence-corrected chi connectivity index (χ0v) is 18.8. The summed E-state index contributed by atoms with van der Waals surface area (Å²) in [4.78, 5) is 25.7. The summed E-state index contributed by atoms with van der Waals surface area (Å²) in [5.74, 6) is 2.36. The Hall–Kier alpha value is -2.45. The van der Waals surface area contributed by atoms with Gasteiger partial charge in [0, 0.05) is 47.6 Å². The Morgan fingerprint density at radius 3 is 2.69 bits per heavy atom. The van der Waals surface area contributed by atoms with Crippen LogP contribution < -0.4 is 20.3 Å². The number of aromatic nitrogens is 2. The summed E-state index contributed by atoms with van der Waals surface area (Å²) in [7, 11) is 0. The van der Waals surface area contributed by atoms with Crippen molar-refractivity contribution in [3.05, 3.63) is 22.5 Å². The number of ether oxygens (including phenoxy) is 2. The molecule has 0 aromatic carbocycles. The van der Waals surface area contributed by atoms with Crippen LogP contribution in [0.15, 0.2) is 0 Å². The lowest BCUT2D eigenvalue weighted by atomic mass is 9.98. The van der Waals surface area contributed by atoms with Crippen molar-refractivity contribution in [3.8, 4) is 5.88 Å². The SMILES string of the molecule is Cc1nc2c3c(nc(C(=O)NC4C5COCC54)c(C)c3c1C)N1CC3CCC(N3)C1CO2. The zero-order valence-electron chi connectivity index (χ0n) is 18.8. The molecule has 2 aromatic rings. The highest BCUT2D eigenvalue weighted by atomic mass is 16.5. The number of anilines is 1. The van der Waals surface area contributed by atoms with Crippen LogP contribution in [0.4, 0.5) is 5.82 Å². The van der Waals surface area contributed by atoms with Crippen LogP contribution in [0.1, 0.15) is 40.2 Å². The van der Waals surface area contributed by atoms with Gasteiger partial charge in [0.25, 0.3) is 5.91 Å². The third-order valence-corrected chi connectivity index (χ3v) is 8.51. The molecule has 1 aliphatic carbocycles. The number of pyridine rings is 2. The highest BCUT2D eigenvalue weighted by Gasteiger charge is 2.55. The summed E-state index contributed by atoms with van der Waals surface area (Å²) in [6, 6.07) is 1.25. The third kappa shape index (κ3) is 2.53. The lowest BCUT2D eigenvalue weighted by Gasteiger charge is -2.40. The highest BCUT2D eigenvalue weighted by Crippen LogP contribution is 2.45. The molecule has 4 aliphatic heterocycles. The van der Waals surface area contributed by atoms with Crippen LogP contribution in [0, 0.1) is 32.6 Å². The summed E-state index contributed by atoms with van der Waals surface area (Å²) in [6.45, 7) is 9.08. The molecule has 0 spiro atoms. The maximum atomic E-state index is 13.5. The van der Waals surface area contributed by atoms with Gasteiger partial charge in [0.15, 0.2) is 0 Å². The summed E-state index contributed by atoms with van der Waals surface area (Å²) >= 11 is 0. The molecular weight excluding hydrogens is 406 g/mol. The molecule has 8 nitrogen and oxygen atoms in total. The molecule has 7 rings (SSSR count). The topological polar surface area (TPSA) is 88.6 Å². The first-order valence-corrected chi connectivity index (χ1v) is 11.9. The van der Waals surface area contributed by atoms with Gasteiger partial charge in [-0.2, -0.15) is 0 Å². The van der Waals surface area contributed by atoms with E-state index in [0.717, 1.165) is 59.6 Å². The smallest absolute Gasteiger partial charge is 0.270 e. The third-order valence-electron chi connectivity index (χ3n) is 8.51. The Labute approximate surface area is 187 Å². The number of nitrogens with one attached hydrogen (secondary N) is 2. The van der Waals surface area contributed by atoms with Crippen molar-refractivity contribution in [2.24, 2.45) is 11.8 Å². The van der Waals surface area contributed by atoms with E-state index in [9.17, 15) is 4.79 Å². The summed E-state index contributed by atoms with van der Waals surface area (Å²) in [5, 5.41) is 9.02. The van der Waals surface area contributed by atoms with Crippen LogP contribution in [-0.2, 0) is 4.74 Å². The maximum Gasteiger partial charge on any atom is 0.270 e. The van der Waals surface area contributed by atoms with Gasteiger partial charge in [0.2, 0.25) is 5.88 Å². The predicted octanol–water partition coefficient (Wildman–Crippen LogP) is 1.63. The molecule has 32 heavy (non-hydrogen) atoms.